The molecular weight excluding hydrogens is 492 g/mol. The Morgan fingerprint density at radius 3 is 2.49 bits per heavy atom. The van der Waals surface area contributed by atoms with Gasteiger partial charge >= 0.3 is 5.91 Å². The van der Waals surface area contributed by atoms with Crippen LogP contribution in [0, 0.1) is 5.92 Å². The van der Waals surface area contributed by atoms with Gasteiger partial charge in [0.25, 0.3) is 5.78 Å². The van der Waals surface area contributed by atoms with Crippen molar-refractivity contribution in [1.82, 2.24) is 4.98 Å². The van der Waals surface area contributed by atoms with Crippen LogP contribution in [0.4, 0.5) is 5.13 Å². The highest BCUT2D eigenvalue weighted by Gasteiger charge is 2.48. The summed E-state index contributed by atoms with van der Waals surface area (Å²) in [6.07, 6.45) is 2.45. The number of hydrogen-bond donors (Lipinski definition) is 1. The lowest BCUT2D eigenvalue weighted by Gasteiger charge is -2.24. The molecule has 1 aromatic heterocycles. The quantitative estimate of drug-likeness (QED) is 0.210. The summed E-state index contributed by atoms with van der Waals surface area (Å²) < 4.78 is 17.0. The Hall–Kier alpha value is -3.85. The van der Waals surface area contributed by atoms with Gasteiger partial charge in [-0.3, -0.25) is 14.5 Å². The molecule has 1 unspecified atom stereocenters. The fourth-order valence-electron chi connectivity index (χ4n) is 4.07. The molecule has 2 heterocycles. The number of anilines is 1. The van der Waals surface area contributed by atoms with E-state index >= 15 is 0 Å². The number of Topliss-reactive ketones (excluding diaryl/α,β-unsaturated/α-hetero) is 1. The average Bonchev–Trinajstić information content (AvgIpc) is 3.51. The summed E-state index contributed by atoms with van der Waals surface area (Å²) >= 11 is 1.24. The second kappa shape index (κ2) is 11.5. The van der Waals surface area contributed by atoms with E-state index in [0.29, 0.717) is 52.6 Å². The molecule has 0 aliphatic carbocycles. The molecule has 1 fully saturated rings. The minimum Gasteiger partial charge on any atom is -0.507 e. The Balaban J connectivity index is 1.83. The molecule has 8 nitrogen and oxygen atoms in total. The lowest BCUT2D eigenvalue weighted by atomic mass is 9.95. The monoisotopic (exact) mass is 522 g/mol. The van der Waals surface area contributed by atoms with Crippen LogP contribution in [-0.4, -0.2) is 42.1 Å². The summed E-state index contributed by atoms with van der Waals surface area (Å²) in [5.41, 5.74) is 0.951. The molecule has 0 spiro atoms. The first-order valence-corrected chi connectivity index (χ1v) is 13.0. The third-order valence-electron chi connectivity index (χ3n) is 5.97. The number of ether oxygens (including phenoxy) is 3. The number of hydrogen-bond acceptors (Lipinski definition) is 8. The van der Waals surface area contributed by atoms with Crippen LogP contribution in [0.5, 0.6) is 17.2 Å². The Morgan fingerprint density at radius 1 is 1.11 bits per heavy atom. The zero-order valence-corrected chi connectivity index (χ0v) is 22.1. The van der Waals surface area contributed by atoms with Gasteiger partial charge in [-0.1, -0.05) is 19.9 Å². The molecule has 0 radical (unpaired) electrons. The Bertz CT molecular complexity index is 1280. The molecule has 1 aliphatic rings. The van der Waals surface area contributed by atoms with E-state index in [-0.39, 0.29) is 11.3 Å². The number of aliphatic hydroxyl groups is 1. The van der Waals surface area contributed by atoms with Crippen molar-refractivity contribution in [2.24, 2.45) is 5.92 Å². The van der Waals surface area contributed by atoms with E-state index in [1.165, 1.54) is 16.2 Å². The van der Waals surface area contributed by atoms with Gasteiger partial charge < -0.3 is 19.3 Å². The summed E-state index contributed by atoms with van der Waals surface area (Å²) in [6, 6.07) is 11.0. The lowest BCUT2D eigenvalue weighted by Crippen LogP contribution is -2.29. The number of amides is 1. The molecule has 1 amide bonds. The number of carbonyl (C=O) groups excluding carboxylic acids is 2. The van der Waals surface area contributed by atoms with Gasteiger partial charge in [0.15, 0.2) is 16.6 Å². The zero-order chi connectivity index (χ0) is 26.5. The first-order chi connectivity index (χ1) is 17.8. The second-order valence-corrected chi connectivity index (χ2v) is 9.76. The highest BCUT2D eigenvalue weighted by molar-refractivity contribution is 7.14. The smallest absolute Gasteiger partial charge is 0.301 e. The van der Waals surface area contributed by atoms with Crippen LogP contribution < -0.4 is 19.1 Å². The van der Waals surface area contributed by atoms with E-state index in [4.69, 9.17) is 14.2 Å². The molecule has 3 aromatic rings. The molecule has 1 saturated heterocycles. The van der Waals surface area contributed by atoms with E-state index in [9.17, 15) is 14.7 Å². The van der Waals surface area contributed by atoms with Crippen molar-refractivity contribution in [3.63, 3.8) is 0 Å². The van der Waals surface area contributed by atoms with E-state index in [1.807, 2.05) is 6.92 Å². The van der Waals surface area contributed by atoms with Crippen molar-refractivity contribution in [2.75, 3.05) is 25.2 Å². The van der Waals surface area contributed by atoms with Crippen molar-refractivity contribution >= 4 is 33.9 Å². The molecule has 1 aliphatic heterocycles. The normalized spacial score (nSPS) is 16.9. The van der Waals surface area contributed by atoms with Crippen molar-refractivity contribution in [2.45, 2.75) is 33.2 Å². The molecule has 0 saturated carbocycles. The van der Waals surface area contributed by atoms with Crippen LogP contribution in [0.3, 0.4) is 0 Å². The fourth-order valence-corrected chi connectivity index (χ4v) is 4.74. The number of thiazole rings is 1. The highest BCUT2D eigenvalue weighted by atomic mass is 32.1. The van der Waals surface area contributed by atoms with Gasteiger partial charge in [-0.15, -0.1) is 11.3 Å². The number of ketones is 1. The fraction of sp³-hybridized carbons (Fsp3) is 0.321. The largest absolute Gasteiger partial charge is 0.507 e. The van der Waals surface area contributed by atoms with Crippen molar-refractivity contribution in [3.8, 4) is 17.2 Å². The second-order valence-electron chi connectivity index (χ2n) is 8.88. The third-order valence-corrected chi connectivity index (χ3v) is 6.74. The number of benzene rings is 2. The molecule has 0 bridgehead atoms. The van der Waals surface area contributed by atoms with E-state index < -0.39 is 17.7 Å². The molecular formula is C28H30N2O6S. The zero-order valence-electron chi connectivity index (χ0n) is 21.3. The summed E-state index contributed by atoms with van der Waals surface area (Å²) in [6.45, 7) is 7.06. The Labute approximate surface area is 220 Å². The number of aromatic nitrogens is 1. The minimum atomic E-state index is -0.905. The summed E-state index contributed by atoms with van der Waals surface area (Å²) in [5, 5.41) is 13.4. The predicted octanol–water partition coefficient (Wildman–Crippen LogP) is 5.60. The molecule has 2 aromatic carbocycles. The first-order valence-electron chi connectivity index (χ1n) is 12.1. The maximum atomic E-state index is 13.3. The molecule has 9 heteroatoms. The van der Waals surface area contributed by atoms with Crippen LogP contribution in [0.2, 0.25) is 0 Å². The standard InChI is InChI=1S/C28H30N2O6S/c1-5-35-22-16-19(8-11-21(22)36-14-12-17(2)3)24-23(25(31)18-6-9-20(34-4)10-7-18)26(32)27(33)30(24)28-29-13-15-37-28/h6-11,13,15-17,24,31H,5,12,14H2,1-4H3/b25-23+. The summed E-state index contributed by atoms with van der Waals surface area (Å²) in [5.74, 6) is 0.344. The van der Waals surface area contributed by atoms with Gasteiger partial charge in [-0.2, -0.15) is 0 Å². The first kappa shape index (κ1) is 26.2. The SMILES string of the molecule is CCOc1cc(C2/C(=C(\O)c3ccc(OC)cc3)C(=O)C(=O)N2c2nccs2)ccc1OCCC(C)C. The van der Waals surface area contributed by atoms with Gasteiger partial charge in [-0.05, 0) is 61.2 Å². The molecule has 1 atom stereocenters. The minimum absolute atomic E-state index is 0.0266. The highest BCUT2D eigenvalue weighted by Crippen LogP contribution is 2.44. The number of carbonyl (C=O) groups is 2. The van der Waals surface area contributed by atoms with Crippen LogP contribution in [0.1, 0.15) is 44.4 Å². The maximum Gasteiger partial charge on any atom is 0.301 e. The topological polar surface area (TPSA) is 98.2 Å². The summed E-state index contributed by atoms with van der Waals surface area (Å²) in [7, 11) is 1.54. The molecule has 194 valence electrons. The van der Waals surface area contributed by atoms with Gasteiger partial charge in [0.2, 0.25) is 0 Å². The molecule has 4 rings (SSSR count). The lowest BCUT2D eigenvalue weighted by molar-refractivity contribution is -0.132. The predicted molar refractivity (Wildman–Crippen MR) is 142 cm³/mol. The van der Waals surface area contributed by atoms with Crippen LogP contribution >= 0.6 is 11.3 Å². The maximum absolute atomic E-state index is 13.3. The van der Waals surface area contributed by atoms with E-state index in [1.54, 1.807) is 61.2 Å². The van der Waals surface area contributed by atoms with Gasteiger partial charge in [0.1, 0.15) is 11.5 Å². The Morgan fingerprint density at radius 2 is 1.86 bits per heavy atom. The number of methoxy groups -OCH3 is 1. The van der Waals surface area contributed by atoms with Crippen molar-refractivity contribution < 1.29 is 28.9 Å². The van der Waals surface area contributed by atoms with E-state index in [0.717, 1.165) is 6.42 Å². The van der Waals surface area contributed by atoms with Crippen molar-refractivity contribution in [3.05, 3.63) is 70.7 Å². The number of aliphatic hydroxyl groups excluding tert-OH is 1. The van der Waals surface area contributed by atoms with E-state index in [2.05, 4.69) is 18.8 Å². The van der Waals surface area contributed by atoms with Crippen LogP contribution in [-0.2, 0) is 9.59 Å². The van der Waals surface area contributed by atoms with Gasteiger partial charge in [0, 0.05) is 17.1 Å². The summed E-state index contributed by atoms with van der Waals surface area (Å²) in [4.78, 5) is 32.1. The number of nitrogens with zero attached hydrogens (tertiary/aromatic N) is 2. The van der Waals surface area contributed by atoms with Gasteiger partial charge in [-0.25, -0.2) is 4.98 Å². The van der Waals surface area contributed by atoms with Crippen LogP contribution in [0.25, 0.3) is 5.76 Å². The van der Waals surface area contributed by atoms with Gasteiger partial charge in [0.05, 0.1) is 31.9 Å². The third kappa shape index (κ3) is 5.46. The van der Waals surface area contributed by atoms with Crippen LogP contribution in [0.15, 0.2) is 59.6 Å². The molecule has 1 N–H and O–H groups in total. The Kier molecular flexibility index (Phi) is 8.13. The number of rotatable bonds is 10. The van der Waals surface area contributed by atoms with Crippen molar-refractivity contribution in [1.29, 1.82) is 0 Å². The molecule has 37 heavy (non-hydrogen) atoms. The average molecular weight is 523 g/mol.